The van der Waals surface area contributed by atoms with Crippen LogP contribution in [0.25, 0.3) is 38.8 Å². The van der Waals surface area contributed by atoms with E-state index in [1.807, 2.05) is 47.5 Å². The van der Waals surface area contributed by atoms with Crippen molar-refractivity contribution in [2.24, 2.45) is 0 Å². The average molecular weight is 385 g/mol. The summed E-state index contributed by atoms with van der Waals surface area (Å²) in [6, 6.07) is 14.9. The Morgan fingerprint density at radius 2 is 1.93 bits per heavy atom. The number of ether oxygens (including phenoxy) is 1. The minimum Gasteiger partial charge on any atom is -0.423 e. The molecule has 5 aromatic rings. The van der Waals surface area contributed by atoms with Gasteiger partial charge in [0.15, 0.2) is 5.58 Å². The van der Waals surface area contributed by atoms with Gasteiger partial charge >= 0.3 is 0 Å². The summed E-state index contributed by atoms with van der Waals surface area (Å²) in [4.78, 5) is 10.1. The summed E-state index contributed by atoms with van der Waals surface area (Å²) in [7, 11) is 0. The molecule has 3 aromatic heterocycles. The van der Waals surface area contributed by atoms with Crippen LogP contribution in [0.3, 0.4) is 0 Å². The number of oxazole rings is 1. The number of hydrogen-bond donors (Lipinski definition) is 1. The molecule has 0 saturated carbocycles. The summed E-state index contributed by atoms with van der Waals surface area (Å²) in [5, 5.41) is 5.76. The van der Waals surface area contributed by atoms with E-state index in [2.05, 4.69) is 38.2 Å². The van der Waals surface area contributed by atoms with E-state index in [1.54, 1.807) is 0 Å². The van der Waals surface area contributed by atoms with Crippen LogP contribution in [0.1, 0.15) is 0 Å². The van der Waals surface area contributed by atoms with Crippen LogP contribution in [-0.2, 0) is 4.74 Å². The van der Waals surface area contributed by atoms with Crippen molar-refractivity contribution in [3.63, 3.8) is 0 Å². The molecule has 29 heavy (non-hydrogen) atoms. The van der Waals surface area contributed by atoms with Crippen LogP contribution in [0, 0.1) is 0 Å². The van der Waals surface area contributed by atoms with E-state index in [9.17, 15) is 0 Å². The third-order valence-electron chi connectivity index (χ3n) is 5.39. The number of hydrogen-bond acceptors (Lipinski definition) is 5. The summed E-state index contributed by atoms with van der Waals surface area (Å²) in [6.07, 6.45) is 5.96. The fraction of sp³-hybridized carbons (Fsp3) is 0.182. The zero-order valence-electron chi connectivity index (χ0n) is 15.7. The molecule has 0 atom stereocenters. The maximum atomic E-state index is 5.94. The third kappa shape index (κ3) is 2.78. The number of fused-ring (bicyclic) bond motifs is 2. The number of morpholine rings is 1. The van der Waals surface area contributed by atoms with Crippen molar-refractivity contribution in [1.29, 1.82) is 0 Å². The normalized spacial score (nSPS) is 14.8. The Hall–Kier alpha value is -3.58. The first kappa shape index (κ1) is 16.4. The summed E-state index contributed by atoms with van der Waals surface area (Å²) >= 11 is 0. The molecule has 1 fully saturated rings. The molecular weight excluding hydrogens is 366 g/mol. The molecule has 6 rings (SSSR count). The van der Waals surface area contributed by atoms with E-state index in [-0.39, 0.29) is 0 Å². The number of H-pyrrole nitrogens is 1. The molecule has 1 aliphatic heterocycles. The van der Waals surface area contributed by atoms with Crippen LogP contribution in [0.5, 0.6) is 0 Å². The highest BCUT2D eigenvalue weighted by atomic mass is 16.5. The van der Waals surface area contributed by atoms with Gasteiger partial charge in [-0.15, -0.1) is 0 Å². The van der Waals surface area contributed by atoms with Crippen LogP contribution in [0.15, 0.2) is 65.5 Å². The Kier molecular flexibility index (Phi) is 3.67. The molecule has 1 N–H and O–H groups in total. The van der Waals surface area contributed by atoms with Gasteiger partial charge in [-0.05, 0) is 24.3 Å². The summed E-state index contributed by atoms with van der Waals surface area (Å²) in [5.74, 6) is 0. The smallest absolute Gasteiger partial charge is 0.298 e. The van der Waals surface area contributed by atoms with Crippen molar-refractivity contribution in [3.8, 4) is 16.8 Å². The monoisotopic (exact) mass is 385 g/mol. The highest BCUT2D eigenvalue weighted by Gasteiger charge is 2.17. The van der Waals surface area contributed by atoms with E-state index in [0.717, 1.165) is 46.5 Å². The second-order valence-electron chi connectivity index (χ2n) is 7.17. The van der Waals surface area contributed by atoms with Crippen molar-refractivity contribution in [1.82, 2.24) is 19.7 Å². The predicted octanol–water partition coefficient (Wildman–Crippen LogP) is 4.00. The van der Waals surface area contributed by atoms with Gasteiger partial charge in [-0.25, -0.2) is 4.68 Å². The second-order valence-corrected chi connectivity index (χ2v) is 7.17. The Morgan fingerprint density at radius 3 is 2.86 bits per heavy atom. The number of nitrogens with one attached hydrogen (secondary N) is 1. The van der Waals surface area contributed by atoms with Crippen LogP contribution < -0.4 is 4.90 Å². The minimum absolute atomic E-state index is 0.653. The first-order valence-corrected chi connectivity index (χ1v) is 9.70. The van der Waals surface area contributed by atoms with Crippen molar-refractivity contribution in [2.45, 2.75) is 0 Å². The first-order chi connectivity index (χ1) is 14.3. The molecule has 1 aliphatic rings. The zero-order chi connectivity index (χ0) is 19.2. The highest BCUT2D eigenvalue weighted by Crippen LogP contribution is 2.29. The first-order valence-electron chi connectivity index (χ1n) is 9.70. The third-order valence-corrected chi connectivity index (χ3v) is 5.39. The maximum absolute atomic E-state index is 5.94. The zero-order valence-corrected chi connectivity index (χ0v) is 15.7. The standard InChI is InChI=1S/C22H19N5O2/c1-2-4-19-17(3-1)18(13-23-19)15-12-24-27(14-15)16-5-6-21-20(11-16)25-22(29-21)26-7-9-28-10-8-26/h1-6,11-14,23H,7-10H2. The molecule has 0 amide bonds. The average Bonchev–Trinajstić information content (AvgIpc) is 3.51. The molecule has 0 bridgehead atoms. The van der Waals surface area contributed by atoms with Gasteiger partial charge in [-0.3, -0.25) is 0 Å². The van der Waals surface area contributed by atoms with Gasteiger partial charge in [0.05, 0.1) is 25.1 Å². The minimum atomic E-state index is 0.653. The van der Waals surface area contributed by atoms with Crippen molar-refractivity contribution < 1.29 is 9.15 Å². The van der Waals surface area contributed by atoms with Gasteiger partial charge in [0, 0.05) is 47.5 Å². The molecule has 0 radical (unpaired) electrons. The quantitative estimate of drug-likeness (QED) is 0.508. The Bertz CT molecular complexity index is 1310. The van der Waals surface area contributed by atoms with Gasteiger partial charge in [0.2, 0.25) is 0 Å². The Balaban J connectivity index is 1.35. The maximum Gasteiger partial charge on any atom is 0.298 e. The highest BCUT2D eigenvalue weighted by molar-refractivity contribution is 5.95. The lowest BCUT2D eigenvalue weighted by atomic mass is 10.1. The lowest BCUT2D eigenvalue weighted by molar-refractivity contribution is 0.120. The molecule has 4 heterocycles. The van der Waals surface area contributed by atoms with E-state index >= 15 is 0 Å². The van der Waals surface area contributed by atoms with Crippen LogP contribution in [-0.4, -0.2) is 46.1 Å². The molecule has 7 nitrogen and oxygen atoms in total. The molecule has 144 valence electrons. The summed E-state index contributed by atoms with van der Waals surface area (Å²) < 4.78 is 13.2. The molecule has 2 aromatic carbocycles. The van der Waals surface area contributed by atoms with E-state index in [0.29, 0.717) is 19.2 Å². The summed E-state index contributed by atoms with van der Waals surface area (Å²) in [5.41, 5.74) is 5.88. The molecule has 7 heteroatoms. The lowest BCUT2D eigenvalue weighted by Gasteiger charge is -2.24. The molecule has 0 spiro atoms. The lowest BCUT2D eigenvalue weighted by Crippen LogP contribution is -2.36. The van der Waals surface area contributed by atoms with Gasteiger partial charge in [-0.1, -0.05) is 18.2 Å². The van der Waals surface area contributed by atoms with Crippen molar-refractivity contribution in [3.05, 3.63) is 61.1 Å². The van der Waals surface area contributed by atoms with Gasteiger partial charge in [0.1, 0.15) is 5.52 Å². The van der Waals surface area contributed by atoms with E-state index in [4.69, 9.17) is 9.15 Å². The predicted molar refractivity (Wildman–Crippen MR) is 111 cm³/mol. The van der Waals surface area contributed by atoms with E-state index in [1.165, 1.54) is 5.39 Å². The number of nitrogens with zero attached hydrogens (tertiary/aromatic N) is 4. The number of para-hydroxylation sites is 1. The number of benzene rings is 2. The fourth-order valence-electron chi connectivity index (χ4n) is 3.85. The van der Waals surface area contributed by atoms with Gasteiger partial charge in [0.25, 0.3) is 6.01 Å². The van der Waals surface area contributed by atoms with Gasteiger partial charge < -0.3 is 19.0 Å². The van der Waals surface area contributed by atoms with E-state index < -0.39 is 0 Å². The number of aromatic nitrogens is 4. The van der Waals surface area contributed by atoms with Crippen molar-refractivity contribution >= 4 is 28.0 Å². The number of anilines is 1. The molecule has 1 saturated heterocycles. The largest absolute Gasteiger partial charge is 0.423 e. The van der Waals surface area contributed by atoms with Crippen LogP contribution in [0.2, 0.25) is 0 Å². The Labute approximate surface area is 166 Å². The molecular formula is C22H19N5O2. The summed E-state index contributed by atoms with van der Waals surface area (Å²) in [6.45, 7) is 3.00. The van der Waals surface area contributed by atoms with Crippen molar-refractivity contribution in [2.75, 3.05) is 31.2 Å². The second kappa shape index (κ2) is 6.49. The number of rotatable bonds is 3. The van der Waals surface area contributed by atoms with Gasteiger partial charge in [-0.2, -0.15) is 10.1 Å². The topological polar surface area (TPSA) is 72.1 Å². The number of aromatic amines is 1. The van der Waals surface area contributed by atoms with Crippen LogP contribution in [0.4, 0.5) is 6.01 Å². The molecule has 0 aliphatic carbocycles. The molecule has 0 unspecified atom stereocenters. The SMILES string of the molecule is c1ccc2c(-c3cnn(-c4ccc5oc(N6CCOCC6)nc5c4)c3)c[nH]c2c1. The van der Waals surface area contributed by atoms with Crippen LogP contribution >= 0.6 is 0 Å². The Morgan fingerprint density at radius 1 is 1.03 bits per heavy atom. The fourth-order valence-corrected chi connectivity index (χ4v) is 3.85.